The first-order valence-corrected chi connectivity index (χ1v) is 10.6. The second kappa shape index (κ2) is 9.52. The first kappa shape index (κ1) is 21.4. The number of anilines is 2. The summed E-state index contributed by atoms with van der Waals surface area (Å²) in [7, 11) is 1.67. The minimum absolute atomic E-state index is 0.199. The summed E-state index contributed by atoms with van der Waals surface area (Å²) in [5.74, 6) is -0.343. The maximum absolute atomic E-state index is 12.5. The molecule has 1 atom stereocenters. The second-order valence-electron chi connectivity index (χ2n) is 7.38. The summed E-state index contributed by atoms with van der Waals surface area (Å²) in [5, 5.41) is 9.76. The molecule has 32 heavy (non-hydrogen) atoms. The lowest BCUT2D eigenvalue weighted by Gasteiger charge is -2.37. The highest BCUT2D eigenvalue weighted by Crippen LogP contribution is 2.32. The van der Waals surface area contributed by atoms with Crippen LogP contribution in [0.3, 0.4) is 0 Å². The van der Waals surface area contributed by atoms with Crippen LogP contribution in [0.1, 0.15) is 18.5 Å². The van der Waals surface area contributed by atoms with Gasteiger partial charge in [-0.3, -0.25) is 4.79 Å². The number of methoxy groups -OCH3 is 1. The number of fused-ring (bicyclic) bond motifs is 1. The minimum Gasteiger partial charge on any atom is -0.495 e. The summed E-state index contributed by atoms with van der Waals surface area (Å²) < 4.78 is 10.6. The number of aromatic nitrogens is 2. The van der Waals surface area contributed by atoms with Crippen molar-refractivity contribution in [3.63, 3.8) is 0 Å². The van der Waals surface area contributed by atoms with Crippen molar-refractivity contribution >= 4 is 28.5 Å². The fourth-order valence-electron chi connectivity index (χ4n) is 3.93. The summed E-state index contributed by atoms with van der Waals surface area (Å²) in [6.07, 6.45) is 0. The van der Waals surface area contributed by atoms with Gasteiger partial charge in [0.05, 0.1) is 36.5 Å². The number of para-hydroxylation sites is 4. The van der Waals surface area contributed by atoms with E-state index in [0.717, 1.165) is 30.0 Å². The van der Waals surface area contributed by atoms with E-state index in [1.54, 1.807) is 14.0 Å². The van der Waals surface area contributed by atoms with Crippen molar-refractivity contribution in [2.75, 3.05) is 49.7 Å². The number of nitriles is 1. The van der Waals surface area contributed by atoms with E-state index in [0.29, 0.717) is 30.1 Å². The smallest absolute Gasteiger partial charge is 0.329 e. The van der Waals surface area contributed by atoms with Gasteiger partial charge < -0.3 is 19.3 Å². The summed E-state index contributed by atoms with van der Waals surface area (Å²) in [6.45, 7) is 4.73. The Hall–Kier alpha value is -3.86. The number of ether oxygens (including phenoxy) is 2. The Morgan fingerprint density at radius 1 is 1.03 bits per heavy atom. The van der Waals surface area contributed by atoms with Crippen LogP contribution in [0.5, 0.6) is 5.75 Å². The van der Waals surface area contributed by atoms with E-state index in [1.165, 1.54) is 0 Å². The third-order valence-electron chi connectivity index (χ3n) is 5.51. The number of benzene rings is 2. The molecule has 1 aliphatic rings. The number of piperazine rings is 1. The first-order chi connectivity index (χ1) is 15.7. The van der Waals surface area contributed by atoms with E-state index in [-0.39, 0.29) is 6.61 Å². The van der Waals surface area contributed by atoms with Crippen LogP contribution in [0.25, 0.3) is 11.0 Å². The average Bonchev–Trinajstić information content (AvgIpc) is 2.84. The van der Waals surface area contributed by atoms with Crippen LogP contribution in [-0.4, -0.2) is 55.8 Å². The Kier molecular flexibility index (Phi) is 6.36. The monoisotopic (exact) mass is 431 g/mol. The quantitative estimate of drug-likeness (QED) is 0.550. The second-order valence-corrected chi connectivity index (χ2v) is 7.38. The highest BCUT2D eigenvalue weighted by Gasteiger charge is 2.31. The number of hydrogen-bond donors (Lipinski definition) is 0. The Balaban J connectivity index is 1.66. The molecule has 0 amide bonds. The van der Waals surface area contributed by atoms with Crippen LogP contribution < -0.4 is 14.5 Å². The van der Waals surface area contributed by atoms with E-state index in [2.05, 4.69) is 20.9 Å². The highest BCUT2D eigenvalue weighted by molar-refractivity contribution is 5.85. The standard InChI is InChI=1S/C24H25N5O3/c1-3-32-24(30)17(16-25)22-23(27-19-9-5-4-8-18(19)26-22)29-14-12-28(13-15-29)20-10-6-7-11-21(20)31-2/h4-11,17H,3,12-15H2,1-2H3. The number of esters is 1. The van der Waals surface area contributed by atoms with Gasteiger partial charge in [0.1, 0.15) is 11.4 Å². The van der Waals surface area contributed by atoms with E-state index >= 15 is 0 Å². The molecule has 164 valence electrons. The number of carbonyl (C=O) groups is 1. The van der Waals surface area contributed by atoms with Crippen molar-refractivity contribution in [1.29, 1.82) is 5.26 Å². The molecule has 3 aromatic rings. The molecule has 8 heteroatoms. The average molecular weight is 431 g/mol. The largest absolute Gasteiger partial charge is 0.495 e. The maximum atomic E-state index is 12.5. The number of nitrogens with zero attached hydrogens (tertiary/aromatic N) is 5. The molecule has 0 bridgehead atoms. The first-order valence-electron chi connectivity index (χ1n) is 10.6. The molecule has 0 N–H and O–H groups in total. The molecule has 0 spiro atoms. The van der Waals surface area contributed by atoms with Gasteiger partial charge in [-0.25, -0.2) is 9.97 Å². The van der Waals surface area contributed by atoms with Crippen LogP contribution in [0.4, 0.5) is 11.5 Å². The molecule has 8 nitrogen and oxygen atoms in total. The molecule has 1 unspecified atom stereocenters. The fourth-order valence-corrected chi connectivity index (χ4v) is 3.93. The van der Waals surface area contributed by atoms with Gasteiger partial charge in [0.2, 0.25) is 0 Å². The summed E-state index contributed by atoms with van der Waals surface area (Å²) >= 11 is 0. The summed E-state index contributed by atoms with van der Waals surface area (Å²) in [6, 6.07) is 17.5. The van der Waals surface area contributed by atoms with Crippen LogP contribution in [0, 0.1) is 11.3 Å². The molecule has 4 rings (SSSR count). The molecule has 2 aromatic carbocycles. The summed E-state index contributed by atoms with van der Waals surface area (Å²) in [5.41, 5.74) is 2.75. The van der Waals surface area contributed by atoms with Crippen LogP contribution >= 0.6 is 0 Å². The molecule has 1 saturated heterocycles. The highest BCUT2D eigenvalue weighted by atomic mass is 16.5. The zero-order valence-corrected chi connectivity index (χ0v) is 18.2. The van der Waals surface area contributed by atoms with Crippen molar-refractivity contribution in [1.82, 2.24) is 9.97 Å². The number of carbonyl (C=O) groups excluding carboxylic acids is 1. The van der Waals surface area contributed by atoms with Crippen LogP contribution in [0.2, 0.25) is 0 Å². The van der Waals surface area contributed by atoms with Gasteiger partial charge in [-0.15, -0.1) is 0 Å². The fraction of sp³-hybridized carbons (Fsp3) is 0.333. The third kappa shape index (κ3) is 4.14. The Bertz CT molecular complexity index is 1150. The minimum atomic E-state index is -1.13. The zero-order valence-electron chi connectivity index (χ0n) is 18.2. The lowest BCUT2D eigenvalue weighted by atomic mass is 10.1. The van der Waals surface area contributed by atoms with E-state index in [1.807, 2.05) is 48.5 Å². The van der Waals surface area contributed by atoms with Gasteiger partial charge in [-0.1, -0.05) is 24.3 Å². The summed E-state index contributed by atoms with van der Waals surface area (Å²) in [4.78, 5) is 26.3. The maximum Gasteiger partial charge on any atom is 0.329 e. The molecular formula is C24H25N5O3. The van der Waals surface area contributed by atoms with Crippen LogP contribution in [-0.2, 0) is 9.53 Å². The molecule has 1 fully saturated rings. The van der Waals surface area contributed by atoms with Crippen molar-refractivity contribution < 1.29 is 14.3 Å². The number of rotatable bonds is 6. The zero-order chi connectivity index (χ0) is 22.5. The lowest BCUT2D eigenvalue weighted by molar-refractivity contribution is -0.143. The van der Waals surface area contributed by atoms with Crippen molar-refractivity contribution in [3.05, 3.63) is 54.2 Å². The normalized spacial score (nSPS) is 14.7. The van der Waals surface area contributed by atoms with Gasteiger partial charge in [0.25, 0.3) is 0 Å². The van der Waals surface area contributed by atoms with Gasteiger partial charge in [0.15, 0.2) is 11.7 Å². The molecular weight excluding hydrogens is 406 g/mol. The van der Waals surface area contributed by atoms with E-state index in [9.17, 15) is 10.1 Å². The van der Waals surface area contributed by atoms with Crippen molar-refractivity contribution in [2.45, 2.75) is 12.8 Å². The molecule has 0 radical (unpaired) electrons. The van der Waals surface area contributed by atoms with Gasteiger partial charge in [-0.05, 0) is 31.2 Å². The lowest BCUT2D eigenvalue weighted by Crippen LogP contribution is -2.47. The third-order valence-corrected chi connectivity index (χ3v) is 5.51. The molecule has 2 heterocycles. The van der Waals surface area contributed by atoms with Crippen LogP contribution in [0.15, 0.2) is 48.5 Å². The Labute approximate surface area is 187 Å². The van der Waals surface area contributed by atoms with E-state index < -0.39 is 11.9 Å². The molecule has 0 saturated carbocycles. The molecule has 1 aromatic heterocycles. The SMILES string of the molecule is CCOC(=O)C(C#N)c1nc2ccccc2nc1N1CCN(c2ccccc2OC)CC1. The molecule has 0 aliphatic carbocycles. The van der Waals surface area contributed by atoms with Crippen molar-refractivity contribution in [2.24, 2.45) is 0 Å². The van der Waals surface area contributed by atoms with Gasteiger partial charge in [-0.2, -0.15) is 5.26 Å². The topological polar surface area (TPSA) is 91.6 Å². The predicted octanol–water partition coefficient (Wildman–Crippen LogP) is 3.14. The molecule has 1 aliphatic heterocycles. The number of hydrogen-bond acceptors (Lipinski definition) is 8. The van der Waals surface area contributed by atoms with Gasteiger partial charge in [0, 0.05) is 26.2 Å². The Morgan fingerprint density at radius 2 is 1.66 bits per heavy atom. The predicted molar refractivity (Wildman–Crippen MR) is 122 cm³/mol. The van der Waals surface area contributed by atoms with Gasteiger partial charge >= 0.3 is 5.97 Å². The van der Waals surface area contributed by atoms with E-state index in [4.69, 9.17) is 14.5 Å². The Morgan fingerprint density at radius 3 is 2.31 bits per heavy atom. The van der Waals surface area contributed by atoms with Crippen molar-refractivity contribution in [3.8, 4) is 11.8 Å².